The quantitative estimate of drug-likeness (QED) is 0.351. The maximum Gasteiger partial charge on any atom is 0.168 e. The van der Waals surface area contributed by atoms with Gasteiger partial charge in [-0.25, -0.2) is 0 Å². The summed E-state index contributed by atoms with van der Waals surface area (Å²) in [5, 5.41) is 11.9. The fraction of sp³-hybridized carbons (Fsp3) is 0.182. The van der Waals surface area contributed by atoms with E-state index in [1.165, 1.54) is 0 Å². The van der Waals surface area contributed by atoms with Crippen molar-refractivity contribution < 1.29 is 5.21 Å². The Kier molecular flexibility index (Phi) is 2.68. The summed E-state index contributed by atoms with van der Waals surface area (Å²) in [4.78, 5) is 0. The van der Waals surface area contributed by atoms with Gasteiger partial charge in [0.15, 0.2) is 5.84 Å². The highest BCUT2D eigenvalue weighted by molar-refractivity contribution is 5.86. The van der Waals surface area contributed by atoms with Crippen LogP contribution in [0, 0.1) is 0 Å². The fourth-order valence-electron chi connectivity index (χ4n) is 1.79. The van der Waals surface area contributed by atoms with Crippen molar-refractivity contribution in [1.29, 1.82) is 0 Å². The average Bonchev–Trinajstić information content (AvgIpc) is 2.92. The van der Waals surface area contributed by atoms with Crippen LogP contribution in [0.3, 0.4) is 0 Å². The Morgan fingerprint density at radius 2 is 2.00 bits per heavy atom. The number of aryl methyl sites for hydroxylation is 1. The first-order chi connectivity index (χ1) is 7.74. The molecule has 0 amide bonds. The molecule has 0 radical (unpaired) electrons. The Bertz CT molecular complexity index is 484. The van der Waals surface area contributed by atoms with Gasteiger partial charge in [-0.2, -0.15) is 0 Å². The lowest BCUT2D eigenvalue weighted by Gasteiger charge is -2.18. The molecule has 0 unspecified atom stereocenters. The van der Waals surface area contributed by atoms with Gasteiger partial charge in [0, 0.05) is 31.3 Å². The van der Waals surface area contributed by atoms with Crippen molar-refractivity contribution in [1.82, 2.24) is 9.13 Å². The van der Waals surface area contributed by atoms with Crippen molar-refractivity contribution in [3.63, 3.8) is 0 Å². The van der Waals surface area contributed by atoms with Crippen LogP contribution < -0.4 is 5.73 Å². The van der Waals surface area contributed by atoms with Crippen LogP contribution in [-0.4, -0.2) is 20.2 Å². The molecule has 0 aliphatic rings. The van der Waals surface area contributed by atoms with E-state index in [1.54, 1.807) is 0 Å². The third kappa shape index (κ3) is 1.67. The van der Waals surface area contributed by atoms with E-state index in [1.807, 2.05) is 59.0 Å². The first-order valence-electron chi connectivity index (χ1n) is 4.95. The summed E-state index contributed by atoms with van der Waals surface area (Å²) < 4.78 is 3.84. The molecule has 2 heterocycles. The number of nitrogens with two attached hydrogens (primary N) is 1. The number of rotatable bonds is 3. The van der Waals surface area contributed by atoms with Gasteiger partial charge in [-0.05, 0) is 24.3 Å². The van der Waals surface area contributed by atoms with E-state index in [-0.39, 0.29) is 11.9 Å². The van der Waals surface area contributed by atoms with Crippen LogP contribution in [0.1, 0.15) is 11.7 Å². The zero-order valence-electron chi connectivity index (χ0n) is 8.99. The van der Waals surface area contributed by atoms with Gasteiger partial charge in [-0.1, -0.05) is 5.16 Å². The molecule has 3 N–H and O–H groups in total. The average molecular weight is 218 g/mol. The van der Waals surface area contributed by atoms with Gasteiger partial charge in [-0.15, -0.1) is 0 Å². The lowest BCUT2D eigenvalue weighted by atomic mass is 10.2. The van der Waals surface area contributed by atoms with Crippen molar-refractivity contribution in [3.8, 4) is 0 Å². The zero-order chi connectivity index (χ0) is 11.5. The molecule has 1 atom stereocenters. The smallest absolute Gasteiger partial charge is 0.168 e. The molecule has 0 spiro atoms. The molecule has 0 saturated heterocycles. The van der Waals surface area contributed by atoms with E-state index in [9.17, 15) is 0 Å². The van der Waals surface area contributed by atoms with Gasteiger partial charge in [0.1, 0.15) is 6.04 Å². The Morgan fingerprint density at radius 1 is 1.31 bits per heavy atom. The minimum Gasteiger partial charge on any atom is -0.409 e. The van der Waals surface area contributed by atoms with Crippen LogP contribution in [0.25, 0.3) is 0 Å². The van der Waals surface area contributed by atoms with E-state index >= 15 is 0 Å². The molecular formula is C11H14N4O. The van der Waals surface area contributed by atoms with Gasteiger partial charge in [0.25, 0.3) is 0 Å². The molecule has 2 aromatic rings. The summed E-state index contributed by atoms with van der Waals surface area (Å²) in [6.07, 6.45) is 5.70. The highest BCUT2D eigenvalue weighted by atomic mass is 16.4. The summed E-state index contributed by atoms with van der Waals surface area (Å²) in [5.74, 6) is 0.165. The van der Waals surface area contributed by atoms with Crippen molar-refractivity contribution in [3.05, 3.63) is 48.5 Å². The summed E-state index contributed by atoms with van der Waals surface area (Å²) in [6, 6.07) is 7.40. The van der Waals surface area contributed by atoms with E-state index in [4.69, 9.17) is 10.9 Å². The van der Waals surface area contributed by atoms with Crippen LogP contribution in [0.4, 0.5) is 0 Å². The third-order valence-electron chi connectivity index (χ3n) is 2.59. The number of aromatic nitrogens is 2. The van der Waals surface area contributed by atoms with Crippen LogP contribution in [0.15, 0.2) is 48.0 Å². The Morgan fingerprint density at radius 3 is 2.50 bits per heavy atom. The highest BCUT2D eigenvalue weighted by Gasteiger charge is 2.19. The molecule has 2 rings (SSSR count). The molecule has 2 aromatic heterocycles. The molecule has 0 aromatic carbocycles. The largest absolute Gasteiger partial charge is 0.409 e. The zero-order valence-corrected chi connectivity index (χ0v) is 8.99. The fourth-order valence-corrected chi connectivity index (χ4v) is 1.79. The minimum absolute atomic E-state index is 0.165. The van der Waals surface area contributed by atoms with Crippen molar-refractivity contribution in [2.24, 2.45) is 17.9 Å². The van der Waals surface area contributed by atoms with E-state index in [2.05, 4.69) is 5.16 Å². The molecule has 0 fully saturated rings. The van der Waals surface area contributed by atoms with Gasteiger partial charge in [-0.3, -0.25) is 0 Å². The molecule has 5 heteroatoms. The number of hydrogen-bond acceptors (Lipinski definition) is 2. The van der Waals surface area contributed by atoms with Crippen molar-refractivity contribution >= 4 is 5.84 Å². The summed E-state index contributed by atoms with van der Waals surface area (Å²) in [7, 11) is 1.93. The maximum absolute atomic E-state index is 8.83. The molecular weight excluding hydrogens is 204 g/mol. The minimum atomic E-state index is -0.278. The molecule has 0 saturated carbocycles. The molecule has 16 heavy (non-hydrogen) atoms. The monoisotopic (exact) mass is 218 g/mol. The molecule has 0 aliphatic carbocycles. The number of nitrogens with zero attached hydrogens (tertiary/aromatic N) is 3. The van der Waals surface area contributed by atoms with Gasteiger partial charge in [0.05, 0.1) is 0 Å². The Balaban J connectivity index is 2.48. The number of hydrogen-bond donors (Lipinski definition) is 2. The van der Waals surface area contributed by atoms with Gasteiger partial charge >= 0.3 is 0 Å². The number of amidine groups is 1. The van der Waals surface area contributed by atoms with Crippen LogP contribution in [-0.2, 0) is 7.05 Å². The van der Waals surface area contributed by atoms with Gasteiger partial charge in [0.2, 0.25) is 0 Å². The Hall–Kier alpha value is -2.17. The second kappa shape index (κ2) is 4.14. The Labute approximate surface area is 93.4 Å². The van der Waals surface area contributed by atoms with E-state index in [0.29, 0.717) is 0 Å². The standard InChI is InChI=1S/C11H14N4O/c1-14-6-4-5-9(14)10(11(12)13-16)15-7-2-3-8-15/h2-8,10,16H,1H3,(H2,12,13)/t10-/m1/s1. The molecule has 0 bridgehead atoms. The summed E-state index contributed by atoms with van der Waals surface area (Å²) in [5.41, 5.74) is 6.70. The molecule has 84 valence electrons. The third-order valence-corrected chi connectivity index (χ3v) is 2.59. The van der Waals surface area contributed by atoms with E-state index < -0.39 is 0 Å². The topological polar surface area (TPSA) is 68.5 Å². The van der Waals surface area contributed by atoms with Crippen LogP contribution in [0.2, 0.25) is 0 Å². The van der Waals surface area contributed by atoms with Crippen molar-refractivity contribution in [2.45, 2.75) is 6.04 Å². The maximum atomic E-state index is 8.83. The first kappa shape index (κ1) is 10.4. The number of oxime groups is 1. The molecule has 5 nitrogen and oxygen atoms in total. The highest BCUT2D eigenvalue weighted by Crippen LogP contribution is 2.18. The van der Waals surface area contributed by atoms with Gasteiger partial charge < -0.3 is 20.1 Å². The van der Waals surface area contributed by atoms with Crippen LogP contribution >= 0.6 is 0 Å². The second-order valence-corrected chi connectivity index (χ2v) is 3.60. The van der Waals surface area contributed by atoms with Crippen molar-refractivity contribution in [2.75, 3.05) is 0 Å². The SMILES string of the molecule is Cn1cccc1[C@H](C(N)=NO)n1cccc1. The lowest BCUT2D eigenvalue weighted by molar-refractivity contribution is 0.314. The molecule has 0 aliphatic heterocycles. The predicted molar refractivity (Wildman–Crippen MR) is 61.4 cm³/mol. The van der Waals surface area contributed by atoms with Crippen LogP contribution in [0.5, 0.6) is 0 Å². The predicted octanol–water partition coefficient (Wildman–Crippen LogP) is 1.16. The second-order valence-electron chi connectivity index (χ2n) is 3.60. The summed E-state index contributed by atoms with van der Waals surface area (Å²) in [6.45, 7) is 0. The summed E-state index contributed by atoms with van der Waals surface area (Å²) >= 11 is 0. The first-order valence-corrected chi connectivity index (χ1v) is 4.95. The lowest BCUT2D eigenvalue weighted by Crippen LogP contribution is -2.28. The normalized spacial score (nSPS) is 13.9. The van der Waals surface area contributed by atoms with E-state index in [0.717, 1.165) is 5.69 Å².